The van der Waals surface area contributed by atoms with Crippen LogP contribution in [0.15, 0.2) is 65.3 Å². The van der Waals surface area contributed by atoms with Crippen molar-refractivity contribution in [1.82, 2.24) is 15.3 Å². The van der Waals surface area contributed by atoms with E-state index in [1.165, 1.54) is 11.9 Å². The number of ether oxygens (including phenoxy) is 1. The van der Waals surface area contributed by atoms with Crippen LogP contribution >= 0.6 is 0 Å². The number of nitrogens with one attached hydrogen (secondary N) is 1. The smallest absolute Gasteiger partial charge is 0.290 e. The fourth-order valence-corrected chi connectivity index (χ4v) is 3.49. The zero-order valence-corrected chi connectivity index (χ0v) is 18.4. The molecule has 0 aliphatic rings. The molecular formula is C25H27N3O4. The van der Waals surface area contributed by atoms with Crippen molar-refractivity contribution in [2.45, 2.75) is 26.4 Å². The number of aromatic nitrogens is 2. The van der Waals surface area contributed by atoms with Crippen molar-refractivity contribution in [3.63, 3.8) is 0 Å². The Morgan fingerprint density at radius 1 is 1.09 bits per heavy atom. The van der Waals surface area contributed by atoms with Crippen LogP contribution in [-0.4, -0.2) is 41.2 Å². The van der Waals surface area contributed by atoms with E-state index in [0.29, 0.717) is 11.6 Å². The van der Waals surface area contributed by atoms with Gasteiger partial charge < -0.3 is 19.6 Å². The summed E-state index contributed by atoms with van der Waals surface area (Å²) >= 11 is 0. The van der Waals surface area contributed by atoms with Crippen LogP contribution in [0, 0.1) is 0 Å². The fourth-order valence-electron chi connectivity index (χ4n) is 3.49. The average Bonchev–Trinajstić information content (AvgIpc) is 3.21. The number of carbonyl (C=O) groups is 1. The molecule has 0 fully saturated rings. The van der Waals surface area contributed by atoms with Crippen molar-refractivity contribution in [1.29, 1.82) is 0 Å². The number of nitrogens with zero attached hydrogens (tertiary/aromatic N) is 2. The Morgan fingerprint density at radius 3 is 2.41 bits per heavy atom. The number of fused-ring (bicyclic) bond motifs is 1. The third-order valence-electron chi connectivity index (χ3n) is 4.94. The van der Waals surface area contributed by atoms with Crippen molar-refractivity contribution >= 4 is 17.6 Å². The Labute approximate surface area is 187 Å². The number of hydrogen-bond acceptors (Lipinski definition) is 6. The Bertz CT molecular complexity index is 1140. The molecule has 0 saturated heterocycles. The molecule has 7 heteroatoms. The normalized spacial score (nSPS) is 11.5. The molecule has 2 N–H and O–H groups in total. The maximum absolute atomic E-state index is 8.36. The number of carboxylic acid groups (broad SMARTS) is 1. The average molecular weight is 434 g/mol. The first-order valence-electron chi connectivity index (χ1n) is 10.4. The molecule has 0 amide bonds. The minimum absolute atomic E-state index is 0.0384. The first kappa shape index (κ1) is 23.0. The summed E-state index contributed by atoms with van der Waals surface area (Å²) in [4.78, 5) is 17.2. The molecule has 4 aromatic rings. The highest BCUT2D eigenvalue weighted by atomic mass is 16.5. The number of likely N-dealkylation sites (N-methyl/N-ethyl adjacent to an activating group) is 1. The van der Waals surface area contributed by atoms with E-state index in [4.69, 9.17) is 19.1 Å². The third-order valence-corrected chi connectivity index (χ3v) is 4.94. The molecule has 0 aliphatic heterocycles. The molecule has 2 heterocycles. The molecule has 0 radical (unpaired) electrons. The van der Waals surface area contributed by atoms with E-state index in [-0.39, 0.29) is 12.6 Å². The zero-order valence-electron chi connectivity index (χ0n) is 18.4. The molecule has 2 aromatic heterocycles. The molecular weight excluding hydrogens is 406 g/mol. The van der Waals surface area contributed by atoms with Gasteiger partial charge in [0.15, 0.2) is 0 Å². The highest BCUT2D eigenvalue weighted by molar-refractivity contribution is 6.03. The Morgan fingerprint density at radius 2 is 1.78 bits per heavy atom. The third kappa shape index (κ3) is 5.12. The molecule has 0 aliphatic carbocycles. The van der Waals surface area contributed by atoms with Gasteiger partial charge in [0.2, 0.25) is 11.6 Å². The lowest BCUT2D eigenvalue weighted by molar-refractivity contribution is -0.122. The summed E-state index contributed by atoms with van der Waals surface area (Å²) in [7, 11) is 1.90. The number of rotatable bonds is 7. The van der Waals surface area contributed by atoms with E-state index in [0.717, 1.165) is 40.8 Å². The molecule has 7 nitrogen and oxygen atoms in total. The second-order valence-electron chi connectivity index (χ2n) is 7.17. The highest BCUT2D eigenvalue weighted by Gasteiger charge is 2.23. The zero-order chi connectivity index (χ0) is 22.9. The topological polar surface area (TPSA) is 97.5 Å². The number of aryl methyl sites for hydroxylation is 1. The molecule has 0 saturated carbocycles. The van der Waals surface area contributed by atoms with E-state index in [1.807, 2.05) is 44.3 Å². The summed E-state index contributed by atoms with van der Waals surface area (Å²) in [5.74, 6) is 1.31. The molecule has 166 valence electrons. The lowest BCUT2D eigenvalue weighted by Gasteiger charge is -2.14. The van der Waals surface area contributed by atoms with Gasteiger partial charge in [-0.1, -0.05) is 61.5 Å². The van der Waals surface area contributed by atoms with Crippen molar-refractivity contribution in [2.24, 2.45) is 0 Å². The molecule has 2 aromatic carbocycles. The standard InChI is InChI=1S/C24H25N3O2.CH2O2/c1-4-17-10-12-18(13-11-17)20-21-23(28-16(2)14-25-3)26-15-27-24(21)29-22(20)19-8-6-5-7-9-19;2-1-3/h5-13,15-16,25H,4,14H2,1-3H3;1H,(H,2,3)/t16-;/m1./s1. The summed E-state index contributed by atoms with van der Waals surface area (Å²) in [5.41, 5.74) is 4.83. The Hall–Kier alpha value is -3.71. The number of furan rings is 1. The second kappa shape index (κ2) is 11.1. The summed E-state index contributed by atoms with van der Waals surface area (Å²) in [6, 6.07) is 18.6. The summed E-state index contributed by atoms with van der Waals surface area (Å²) in [5, 5.41) is 10.8. The monoisotopic (exact) mass is 433 g/mol. The van der Waals surface area contributed by atoms with E-state index in [2.05, 4.69) is 46.5 Å². The molecule has 4 rings (SSSR count). The molecule has 0 unspecified atom stereocenters. The van der Waals surface area contributed by atoms with Crippen LogP contribution in [0.2, 0.25) is 0 Å². The summed E-state index contributed by atoms with van der Waals surface area (Å²) < 4.78 is 12.4. The minimum Gasteiger partial charge on any atom is -0.483 e. The predicted molar refractivity (Wildman–Crippen MR) is 125 cm³/mol. The van der Waals surface area contributed by atoms with Gasteiger partial charge in [0.25, 0.3) is 6.47 Å². The maximum Gasteiger partial charge on any atom is 0.290 e. The van der Waals surface area contributed by atoms with Crippen LogP contribution in [0.4, 0.5) is 0 Å². The van der Waals surface area contributed by atoms with Crippen LogP contribution in [0.25, 0.3) is 33.6 Å². The second-order valence-corrected chi connectivity index (χ2v) is 7.17. The van der Waals surface area contributed by atoms with Gasteiger partial charge in [-0.25, -0.2) is 9.97 Å². The van der Waals surface area contributed by atoms with Gasteiger partial charge >= 0.3 is 0 Å². The van der Waals surface area contributed by atoms with Crippen molar-refractivity contribution in [3.8, 4) is 28.3 Å². The molecule has 1 atom stereocenters. The van der Waals surface area contributed by atoms with Gasteiger partial charge in [0.1, 0.15) is 23.6 Å². The first-order chi connectivity index (χ1) is 15.6. The van der Waals surface area contributed by atoms with Crippen molar-refractivity contribution in [2.75, 3.05) is 13.6 Å². The number of hydrogen-bond donors (Lipinski definition) is 2. The van der Waals surface area contributed by atoms with Crippen molar-refractivity contribution in [3.05, 3.63) is 66.5 Å². The predicted octanol–water partition coefficient (Wildman–Crippen LogP) is 4.81. The lowest BCUT2D eigenvalue weighted by atomic mass is 9.98. The first-order valence-corrected chi connectivity index (χ1v) is 10.4. The van der Waals surface area contributed by atoms with E-state index in [9.17, 15) is 0 Å². The van der Waals surface area contributed by atoms with Gasteiger partial charge in [-0.3, -0.25) is 4.79 Å². The minimum atomic E-state index is -0.250. The molecule has 0 spiro atoms. The Balaban J connectivity index is 0.000000913. The Kier molecular flexibility index (Phi) is 7.94. The van der Waals surface area contributed by atoms with Crippen LogP contribution in [0.1, 0.15) is 19.4 Å². The van der Waals surface area contributed by atoms with Crippen molar-refractivity contribution < 1.29 is 19.1 Å². The van der Waals surface area contributed by atoms with Crippen LogP contribution in [0.5, 0.6) is 5.88 Å². The fraction of sp³-hybridized carbons (Fsp3) is 0.240. The van der Waals surface area contributed by atoms with Gasteiger partial charge in [-0.2, -0.15) is 0 Å². The van der Waals surface area contributed by atoms with Crippen LogP contribution in [0.3, 0.4) is 0 Å². The van der Waals surface area contributed by atoms with Gasteiger partial charge in [-0.15, -0.1) is 0 Å². The van der Waals surface area contributed by atoms with E-state index in [1.54, 1.807) is 0 Å². The maximum atomic E-state index is 8.36. The largest absolute Gasteiger partial charge is 0.483 e. The number of benzene rings is 2. The van der Waals surface area contributed by atoms with Gasteiger partial charge in [-0.05, 0) is 31.5 Å². The highest BCUT2D eigenvalue weighted by Crippen LogP contribution is 2.43. The summed E-state index contributed by atoms with van der Waals surface area (Å²) in [6.07, 6.45) is 2.45. The van der Waals surface area contributed by atoms with Crippen LogP contribution in [-0.2, 0) is 11.2 Å². The summed E-state index contributed by atoms with van der Waals surface area (Å²) in [6.45, 7) is 4.63. The molecule has 0 bridgehead atoms. The van der Waals surface area contributed by atoms with Crippen LogP contribution < -0.4 is 10.1 Å². The molecule has 32 heavy (non-hydrogen) atoms. The van der Waals surface area contributed by atoms with Gasteiger partial charge in [0, 0.05) is 17.7 Å². The van der Waals surface area contributed by atoms with E-state index >= 15 is 0 Å². The van der Waals surface area contributed by atoms with E-state index < -0.39 is 0 Å². The lowest BCUT2D eigenvalue weighted by Crippen LogP contribution is -2.26. The SMILES string of the molecule is CCc1ccc(-c2c(-c3ccccc3)oc3ncnc(O[C@H](C)CNC)c23)cc1.O=CO. The van der Waals surface area contributed by atoms with Gasteiger partial charge in [0.05, 0.1) is 0 Å². The quantitative estimate of drug-likeness (QED) is 0.404.